The van der Waals surface area contributed by atoms with E-state index in [2.05, 4.69) is 0 Å². The molecular formula is C11H11Cl2NO4S2. The van der Waals surface area contributed by atoms with Crippen molar-refractivity contribution in [2.45, 2.75) is 11.8 Å². The predicted molar refractivity (Wildman–Crippen MR) is 79.6 cm³/mol. The van der Waals surface area contributed by atoms with Crippen molar-refractivity contribution in [3.8, 4) is 0 Å². The number of carbonyl (C=O) groups excluding carboxylic acids is 2. The van der Waals surface area contributed by atoms with Gasteiger partial charge in [-0.15, -0.1) is 0 Å². The van der Waals surface area contributed by atoms with Gasteiger partial charge in [-0.3, -0.25) is 9.59 Å². The van der Waals surface area contributed by atoms with Crippen molar-refractivity contribution in [3.63, 3.8) is 0 Å². The third-order valence-corrected chi connectivity index (χ3v) is 5.25. The van der Waals surface area contributed by atoms with Gasteiger partial charge in [-0.2, -0.15) is 0 Å². The molecule has 0 bridgehead atoms. The van der Waals surface area contributed by atoms with Crippen LogP contribution in [-0.4, -0.2) is 24.5 Å². The van der Waals surface area contributed by atoms with Crippen molar-refractivity contribution in [2.24, 2.45) is 11.1 Å². The van der Waals surface area contributed by atoms with Crippen molar-refractivity contribution >= 4 is 55.3 Å². The topological polar surface area (TPSA) is 94.3 Å². The van der Waals surface area contributed by atoms with Gasteiger partial charge in [0.1, 0.15) is 4.90 Å². The summed E-state index contributed by atoms with van der Waals surface area (Å²) in [7, 11) is -4.00. The third kappa shape index (κ3) is 4.75. The van der Waals surface area contributed by atoms with Gasteiger partial charge in [0.05, 0.1) is 5.02 Å². The summed E-state index contributed by atoms with van der Waals surface area (Å²) in [6.45, 7) is 1.59. The van der Waals surface area contributed by atoms with Crippen LogP contribution in [0.1, 0.15) is 17.3 Å². The fraction of sp³-hybridized carbons (Fsp3) is 0.273. The monoisotopic (exact) mass is 355 g/mol. The number of thioether (sulfide) groups is 1. The van der Waals surface area contributed by atoms with Gasteiger partial charge in [-0.1, -0.05) is 30.3 Å². The number of hydrogen-bond donors (Lipinski definition) is 1. The van der Waals surface area contributed by atoms with Crippen LogP contribution in [0.5, 0.6) is 0 Å². The number of hydrogen-bond acceptors (Lipinski definition) is 5. The average molecular weight is 356 g/mol. The molecule has 1 rings (SSSR count). The molecule has 0 aliphatic rings. The van der Waals surface area contributed by atoms with Gasteiger partial charge in [0.15, 0.2) is 0 Å². The van der Waals surface area contributed by atoms with Crippen LogP contribution >= 0.6 is 35.0 Å². The second-order valence-corrected chi connectivity index (χ2v) is 7.30. The highest BCUT2D eigenvalue weighted by Gasteiger charge is 2.18. The van der Waals surface area contributed by atoms with Crippen LogP contribution in [0.25, 0.3) is 0 Å². The fourth-order valence-electron chi connectivity index (χ4n) is 1.20. The molecule has 2 N–H and O–H groups in total. The molecule has 0 heterocycles. The number of sulfonamides is 1. The molecule has 0 fully saturated rings. The van der Waals surface area contributed by atoms with E-state index in [1.54, 1.807) is 6.92 Å². The lowest BCUT2D eigenvalue weighted by Crippen LogP contribution is -2.14. The summed E-state index contributed by atoms with van der Waals surface area (Å²) >= 11 is 11.9. The Balaban J connectivity index is 2.93. The van der Waals surface area contributed by atoms with Gasteiger partial charge >= 0.3 is 0 Å². The molecule has 0 aliphatic heterocycles. The van der Waals surface area contributed by atoms with E-state index in [-0.39, 0.29) is 21.2 Å². The van der Waals surface area contributed by atoms with E-state index in [4.69, 9.17) is 28.3 Å². The van der Waals surface area contributed by atoms with Crippen molar-refractivity contribution in [3.05, 3.63) is 28.8 Å². The van der Waals surface area contributed by atoms with E-state index in [0.29, 0.717) is 0 Å². The summed E-state index contributed by atoms with van der Waals surface area (Å²) in [5.74, 6) is -0.273. The average Bonchev–Trinajstić information content (AvgIpc) is 2.34. The molecule has 0 spiro atoms. The Morgan fingerprint density at radius 2 is 2.00 bits per heavy atom. The first kappa shape index (κ1) is 17.5. The lowest BCUT2D eigenvalue weighted by atomic mass is 10.2. The largest absolute Gasteiger partial charge is 0.282 e. The maximum Gasteiger partial charge on any atom is 0.239 e. The second kappa shape index (κ2) is 6.91. The Morgan fingerprint density at radius 1 is 1.40 bits per heavy atom. The lowest BCUT2D eigenvalue weighted by molar-refractivity contribution is -0.114. The Kier molecular flexibility index (Phi) is 6.03. The molecule has 0 aromatic heterocycles. The van der Waals surface area contributed by atoms with Crippen LogP contribution in [0, 0.1) is 5.92 Å². The predicted octanol–water partition coefficient (Wildman–Crippen LogP) is 2.26. The number of primary sulfonamides is 1. The zero-order chi connectivity index (χ0) is 15.5. The van der Waals surface area contributed by atoms with E-state index in [0.717, 1.165) is 17.8 Å². The minimum absolute atomic E-state index is 0.0571. The standard InChI is InChI=1S/C11H11Cl2NO4S2/c1-6(10(13)15)5-19-11(16)7-2-3-8(12)9(4-7)20(14,17)18/h2-4,6H,5H2,1H3,(H2,14,17,18). The molecule has 1 unspecified atom stereocenters. The first-order valence-corrected chi connectivity index (χ1v) is 8.60. The molecule has 0 amide bonds. The highest BCUT2D eigenvalue weighted by Crippen LogP contribution is 2.24. The lowest BCUT2D eigenvalue weighted by Gasteiger charge is -2.07. The molecule has 0 radical (unpaired) electrons. The molecule has 110 valence electrons. The molecule has 1 aromatic carbocycles. The zero-order valence-corrected chi connectivity index (χ0v) is 13.4. The molecule has 0 saturated carbocycles. The summed E-state index contributed by atoms with van der Waals surface area (Å²) in [6.07, 6.45) is 0. The van der Waals surface area contributed by atoms with E-state index in [1.165, 1.54) is 12.1 Å². The van der Waals surface area contributed by atoms with Crippen LogP contribution in [0.4, 0.5) is 0 Å². The molecule has 5 nitrogen and oxygen atoms in total. The molecular weight excluding hydrogens is 345 g/mol. The van der Waals surface area contributed by atoms with Gasteiger partial charge in [0.25, 0.3) is 0 Å². The highest BCUT2D eigenvalue weighted by molar-refractivity contribution is 8.14. The van der Waals surface area contributed by atoms with Crippen molar-refractivity contribution in [1.29, 1.82) is 0 Å². The van der Waals surface area contributed by atoms with Crippen LogP contribution in [0.2, 0.25) is 5.02 Å². The minimum atomic E-state index is -4.00. The minimum Gasteiger partial charge on any atom is -0.282 e. The number of rotatable bonds is 5. The first-order valence-electron chi connectivity index (χ1n) is 5.31. The van der Waals surface area contributed by atoms with Crippen molar-refractivity contribution in [2.75, 3.05) is 5.75 Å². The quantitative estimate of drug-likeness (QED) is 0.817. The van der Waals surface area contributed by atoms with Gasteiger partial charge in [-0.05, 0) is 29.8 Å². The highest BCUT2D eigenvalue weighted by atomic mass is 35.5. The molecule has 0 aliphatic carbocycles. The zero-order valence-electron chi connectivity index (χ0n) is 10.3. The van der Waals surface area contributed by atoms with Gasteiger partial charge < -0.3 is 0 Å². The summed E-state index contributed by atoms with van der Waals surface area (Å²) in [5, 5.41) is 4.01. The third-order valence-electron chi connectivity index (χ3n) is 2.33. The molecule has 9 heteroatoms. The number of carbonyl (C=O) groups is 2. The van der Waals surface area contributed by atoms with Crippen LogP contribution < -0.4 is 5.14 Å². The fourth-order valence-corrected chi connectivity index (χ4v) is 3.28. The van der Waals surface area contributed by atoms with Gasteiger partial charge in [0.2, 0.25) is 20.4 Å². The molecule has 1 aromatic rings. The summed E-state index contributed by atoms with van der Waals surface area (Å²) < 4.78 is 22.6. The maximum absolute atomic E-state index is 11.9. The number of halogens is 2. The summed E-state index contributed by atoms with van der Waals surface area (Å²) in [6, 6.07) is 3.78. The van der Waals surface area contributed by atoms with Crippen LogP contribution in [-0.2, 0) is 14.8 Å². The summed E-state index contributed by atoms with van der Waals surface area (Å²) in [5.41, 5.74) is 0.137. The Morgan fingerprint density at radius 3 is 2.50 bits per heavy atom. The number of benzene rings is 1. The van der Waals surface area contributed by atoms with Crippen molar-refractivity contribution < 1.29 is 18.0 Å². The Labute approximate surface area is 130 Å². The van der Waals surface area contributed by atoms with Gasteiger partial charge in [-0.25, -0.2) is 13.6 Å². The van der Waals surface area contributed by atoms with E-state index in [1.807, 2.05) is 0 Å². The smallest absolute Gasteiger partial charge is 0.239 e. The van der Waals surface area contributed by atoms with Crippen molar-refractivity contribution in [1.82, 2.24) is 0 Å². The number of nitrogens with two attached hydrogens (primary N) is 1. The van der Waals surface area contributed by atoms with Crippen LogP contribution in [0.15, 0.2) is 23.1 Å². The second-order valence-electron chi connectivity index (χ2n) is 3.99. The molecule has 1 atom stereocenters. The summed E-state index contributed by atoms with van der Waals surface area (Å²) in [4.78, 5) is 22.4. The van der Waals surface area contributed by atoms with E-state index >= 15 is 0 Å². The van der Waals surface area contributed by atoms with Crippen LogP contribution in [0.3, 0.4) is 0 Å². The van der Waals surface area contributed by atoms with E-state index < -0.39 is 26.3 Å². The van der Waals surface area contributed by atoms with Gasteiger partial charge in [0, 0.05) is 17.2 Å². The molecule has 20 heavy (non-hydrogen) atoms. The Bertz CT molecular complexity index is 646. The maximum atomic E-state index is 11.9. The Hall–Kier alpha value is -0.600. The van der Waals surface area contributed by atoms with E-state index in [9.17, 15) is 18.0 Å². The normalized spacial score (nSPS) is 13.0. The SMILES string of the molecule is CC(CSC(=O)c1ccc(Cl)c(S(N)(=O)=O)c1)C(=O)Cl. The first-order chi connectivity index (χ1) is 9.12. The molecule has 0 saturated heterocycles.